The van der Waals surface area contributed by atoms with E-state index < -0.39 is 5.97 Å². The van der Waals surface area contributed by atoms with Gasteiger partial charge < -0.3 is 15.5 Å². The largest absolute Gasteiger partial charge is 0.506 e. The van der Waals surface area contributed by atoms with Crippen LogP contribution in [0, 0.1) is 6.92 Å². The van der Waals surface area contributed by atoms with E-state index >= 15 is 0 Å². The third-order valence-electron chi connectivity index (χ3n) is 3.06. The second-order valence-electron chi connectivity index (χ2n) is 4.42. The summed E-state index contributed by atoms with van der Waals surface area (Å²) < 4.78 is 0. The van der Waals surface area contributed by atoms with E-state index in [0.29, 0.717) is 17.1 Å². The van der Waals surface area contributed by atoms with Gasteiger partial charge in [-0.15, -0.1) is 0 Å². The summed E-state index contributed by atoms with van der Waals surface area (Å²) in [6.45, 7) is 2.25. The standard InChI is InChI=1S/C15H14ClNO3/c1-9-11(15(19)20)3-2-4-13(9)17-8-10-5-6-14(18)12(16)7-10/h2-7,17-18H,8H2,1H3,(H,19,20). The Kier molecular flexibility index (Phi) is 4.15. The Morgan fingerprint density at radius 1 is 1.30 bits per heavy atom. The van der Waals surface area contributed by atoms with E-state index in [1.165, 1.54) is 6.07 Å². The second-order valence-corrected chi connectivity index (χ2v) is 4.83. The molecule has 0 amide bonds. The lowest BCUT2D eigenvalue weighted by atomic mass is 10.1. The molecule has 0 aromatic heterocycles. The minimum absolute atomic E-state index is 0.0412. The molecule has 0 unspecified atom stereocenters. The molecule has 0 saturated carbocycles. The number of carbonyl (C=O) groups is 1. The SMILES string of the molecule is Cc1c(NCc2ccc(O)c(Cl)c2)cccc1C(=O)O. The predicted molar refractivity (Wildman–Crippen MR) is 78.6 cm³/mol. The number of carboxylic acid groups (broad SMARTS) is 1. The van der Waals surface area contributed by atoms with E-state index in [1.807, 2.05) is 6.07 Å². The Morgan fingerprint density at radius 3 is 2.70 bits per heavy atom. The van der Waals surface area contributed by atoms with Crippen molar-refractivity contribution < 1.29 is 15.0 Å². The number of hydrogen-bond acceptors (Lipinski definition) is 3. The first-order chi connectivity index (χ1) is 9.49. The molecule has 0 aliphatic rings. The van der Waals surface area contributed by atoms with Gasteiger partial charge in [0.25, 0.3) is 0 Å². The maximum absolute atomic E-state index is 11.1. The van der Waals surface area contributed by atoms with Crippen molar-refractivity contribution >= 4 is 23.3 Å². The van der Waals surface area contributed by atoms with Crippen molar-refractivity contribution in [2.45, 2.75) is 13.5 Å². The van der Waals surface area contributed by atoms with Gasteiger partial charge in [0, 0.05) is 12.2 Å². The first-order valence-electron chi connectivity index (χ1n) is 6.03. The van der Waals surface area contributed by atoms with Crippen LogP contribution in [0.25, 0.3) is 0 Å². The zero-order chi connectivity index (χ0) is 14.7. The quantitative estimate of drug-likeness (QED) is 0.804. The van der Waals surface area contributed by atoms with Gasteiger partial charge in [-0.25, -0.2) is 4.79 Å². The number of phenols is 1. The third kappa shape index (κ3) is 3.03. The van der Waals surface area contributed by atoms with Crippen molar-refractivity contribution in [3.8, 4) is 5.75 Å². The van der Waals surface area contributed by atoms with Gasteiger partial charge in [0.2, 0.25) is 0 Å². The van der Waals surface area contributed by atoms with Crippen molar-refractivity contribution in [2.24, 2.45) is 0 Å². The summed E-state index contributed by atoms with van der Waals surface area (Å²) in [5, 5.41) is 21.9. The van der Waals surface area contributed by atoms with E-state index in [0.717, 1.165) is 11.3 Å². The normalized spacial score (nSPS) is 10.3. The average molecular weight is 292 g/mol. The number of aromatic carboxylic acids is 1. The highest BCUT2D eigenvalue weighted by atomic mass is 35.5. The number of benzene rings is 2. The number of carboxylic acids is 1. The van der Waals surface area contributed by atoms with E-state index in [4.69, 9.17) is 16.7 Å². The van der Waals surface area contributed by atoms with Gasteiger partial charge in [0.15, 0.2) is 0 Å². The van der Waals surface area contributed by atoms with Crippen LogP contribution in [0.4, 0.5) is 5.69 Å². The molecule has 2 rings (SSSR count). The molecule has 0 heterocycles. The van der Waals surface area contributed by atoms with Gasteiger partial charge in [0.05, 0.1) is 10.6 Å². The highest BCUT2D eigenvalue weighted by molar-refractivity contribution is 6.32. The molecule has 0 fully saturated rings. The fourth-order valence-corrected chi connectivity index (χ4v) is 2.12. The van der Waals surface area contributed by atoms with Crippen LogP contribution >= 0.6 is 11.6 Å². The number of rotatable bonds is 4. The molecule has 0 bridgehead atoms. The molecule has 0 spiro atoms. The second kappa shape index (κ2) is 5.84. The summed E-state index contributed by atoms with van der Waals surface area (Å²) >= 11 is 5.84. The summed E-state index contributed by atoms with van der Waals surface area (Å²) in [6, 6.07) is 10.0. The Hall–Kier alpha value is -2.20. The fraction of sp³-hybridized carbons (Fsp3) is 0.133. The van der Waals surface area contributed by atoms with Crippen LogP contribution in [0.5, 0.6) is 5.75 Å². The molecule has 104 valence electrons. The number of halogens is 1. The smallest absolute Gasteiger partial charge is 0.336 e. The molecular formula is C15H14ClNO3. The zero-order valence-electron chi connectivity index (χ0n) is 10.9. The molecule has 0 aliphatic carbocycles. The van der Waals surface area contributed by atoms with Crippen LogP contribution in [-0.4, -0.2) is 16.2 Å². The highest BCUT2D eigenvalue weighted by Crippen LogP contribution is 2.25. The summed E-state index contributed by atoms with van der Waals surface area (Å²) in [5.74, 6) is -0.904. The summed E-state index contributed by atoms with van der Waals surface area (Å²) in [6.07, 6.45) is 0. The Morgan fingerprint density at radius 2 is 2.05 bits per heavy atom. The molecule has 5 heteroatoms. The molecule has 3 N–H and O–H groups in total. The van der Waals surface area contributed by atoms with Crippen LogP contribution in [-0.2, 0) is 6.54 Å². The van der Waals surface area contributed by atoms with Crippen molar-refractivity contribution in [2.75, 3.05) is 5.32 Å². The average Bonchev–Trinajstić information content (AvgIpc) is 2.41. The van der Waals surface area contributed by atoms with Gasteiger partial charge in [-0.3, -0.25) is 0 Å². The highest BCUT2D eigenvalue weighted by Gasteiger charge is 2.09. The van der Waals surface area contributed by atoms with Crippen molar-refractivity contribution in [3.63, 3.8) is 0 Å². The van der Waals surface area contributed by atoms with E-state index in [9.17, 15) is 9.90 Å². The van der Waals surface area contributed by atoms with Gasteiger partial charge in [-0.2, -0.15) is 0 Å². The molecule has 0 aliphatic heterocycles. The molecular weight excluding hydrogens is 278 g/mol. The molecule has 0 radical (unpaired) electrons. The molecule has 20 heavy (non-hydrogen) atoms. The number of nitrogens with one attached hydrogen (secondary N) is 1. The van der Waals surface area contributed by atoms with Gasteiger partial charge in [-0.05, 0) is 42.3 Å². The topological polar surface area (TPSA) is 69.6 Å². The van der Waals surface area contributed by atoms with E-state index in [1.54, 1.807) is 31.2 Å². The van der Waals surface area contributed by atoms with E-state index in [2.05, 4.69) is 5.32 Å². The molecule has 0 saturated heterocycles. The minimum Gasteiger partial charge on any atom is -0.506 e. The minimum atomic E-state index is -0.946. The summed E-state index contributed by atoms with van der Waals surface area (Å²) in [7, 11) is 0. The maximum atomic E-state index is 11.1. The van der Waals surface area contributed by atoms with Crippen LogP contribution in [0.3, 0.4) is 0 Å². The molecule has 2 aromatic carbocycles. The Labute approximate surface area is 121 Å². The molecule has 4 nitrogen and oxygen atoms in total. The molecule has 0 atom stereocenters. The first-order valence-corrected chi connectivity index (χ1v) is 6.41. The maximum Gasteiger partial charge on any atom is 0.336 e. The van der Waals surface area contributed by atoms with Crippen molar-refractivity contribution in [3.05, 3.63) is 58.1 Å². The number of aromatic hydroxyl groups is 1. The van der Waals surface area contributed by atoms with Crippen molar-refractivity contribution in [1.29, 1.82) is 0 Å². The summed E-state index contributed by atoms with van der Waals surface area (Å²) in [4.78, 5) is 11.1. The zero-order valence-corrected chi connectivity index (χ0v) is 11.6. The first kappa shape index (κ1) is 14.2. The van der Waals surface area contributed by atoms with Crippen LogP contribution < -0.4 is 5.32 Å². The summed E-state index contributed by atoms with van der Waals surface area (Å²) in [5.41, 5.74) is 2.62. The Balaban J connectivity index is 2.17. The lowest BCUT2D eigenvalue weighted by molar-refractivity contribution is 0.0696. The fourth-order valence-electron chi connectivity index (χ4n) is 1.92. The predicted octanol–water partition coefficient (Wildman–Crippen LogP) is 3.66. The van der Waals surface area contributed by atoms with Crippen LogP contribution in [0.2, 0.25) is 5.02 Å². The number of hydrogen-bond donors (Lipinski definition) is 3. The third-order valence-corrected chi connectivity index (χ3v) is 3.36. The van der Waals surface area contributed by atoms with E-state index in [-0.39, 0.29) is 11.3 Å². The lowest BCUT2D eigenvalue weighted by Crippen LogP contribution is -2.05. The van der Waals surface area contributed by atoms with Gasteiger partial charge >= 0.3 is 5.97 Å². The lowest BCUT2D eigenvalue weighted by Gasteiger charge is -2.12. The molecule has 2 aromatic rings. The Bertz CT molecular complexity index is 656. The monoisotopic (exact) mass is 291 g/mol. The number of phenolic OH excluding ortho intramolecular Hbond substituents is 1. The van der Waals surface area contributed by atoms with Crippen LogP contribution in [0.15, 0.2) is 36.4 Å². The van der Waals surface area contributed by atoms with Crippen LogP contribution in [0.1, 0.15) is 21.5 Å². The van der Waals surface area contributed by atoms with Gasteiger partial charge in [0.1, 0.15) is 5.75 Å². The van der Waals surface area contributed by atoms with Crippen molar-refractivity contribution in [1.82, 2.24) is 0 Å². The van der Waals surface area contributed by atoms with Gasteiger partial charge in [-0.1, -0.05) is 23.7 Å². The number of anilines is 1.